The molecule has 1 aliphatic heterocycles. The molecule has 2 aromatic rings. The van der Waals surface area contributed by atoms with Crippen molar-refractivity contribution < 1.29 is 19.0 Å². The maximum absolute atomic E-state index is 12.3. The summed E-state index contributed by atoms with van der Waals surface area (Å²) in [6.45, 7) is 1.78. The number of nitrogens with zero attached hydrogens (tertiary/aromatic N) is 2. The predicted molar refractivity (Wildman–Crippen MR) is 100 cm³/mol. The second kappa shape index (κ2) is 9.18. The van der Waals surface area contributed by atoms with Crippen LogP contribution in [0.1, 0.15) is 28.9 Å². The topological polar surface area (TPSA) is 94.6 Å². The van der Waals surface area contributed by atoms with Gasteiger partial charge in [0.15, 0.2) is 11.5 Å². The van der Waals surface area contributed by atoms with E-state index in [1.54, 1.807) is 20.3 Å². The largest absolute Gasteiger partial charge is 0.493 e. The van der Waals surface area contributed by atoms with E-state index in [9.17, 15) is 4.79 Å². The minimum absolute atomic E-state index is 0.0958. The molecule has 0 radical (unpaired) electrons. The lowest BCUT2D eigenvalue weighted by atomic mass is 10.2. The maximum atomic E-state index is 12.3. The molecule has 8 nitrogen and oxygen atoms in total. The minimum Gasteiger partial charge on any atom is -0.493 e. The third-order valence-electron chi connectivity index (χ3n) is 4.34. The van der Waals surface area contributed by atoms with Gasteiger partial charge in [-0.05, 0) is 30.5 Å². The maximum Gasteiger partial charge on any atom is 0.270 e. The van der Waals surface area contributed by atoms with Crippen molar-refractivity contribution in [1.82, 2.24) is 15.3 Å². The van der Waals surface area contributed by atoms with Gasteiger partial charge in [0.25, 0.3) is 5.91 Å². The minimum atomic E-state index is -0.234. The number of nitrogens with one attached hydrogen (secondary N) is 2. The Morgan fingerprint density at radius 2 is 2.07 bits per heavy atom. The fourth-order valence-electron chi connectivity index (χ4n) is 2.86. The van der Waals surface area contributed by atoms with E-state index in [1.165, 1.54) is 6.33 Å². The van der Waals surface area contributed by atoms with Crippen LogP contribution in [0, 0.1) is 0 Å². The van der Waals surface area contributed by atoms with Gasteiger partial charge >= 0.3 is 0 Å². The van der Waals surface area contributed by atoms with E-state index in [0.29, 0.717) is 36.1 Å². The summed E-state index contributed by atoms with van der Waals surface area (Å²) in [5, 5.41) is 6.05. The first-order valence-electron chi connectivity index (χ1n) is 8.86. The molecular formula is C19H24N4O4. The Morgan fingerprint density at radius 3 is 2.81 bits per heavy atom. The van der Waals surface area contributed by atoms with Gasteiger partial charge in [0.05, 0.1) is 20.3 Å². The van der Waals surface area contributed by atoms with Gasteiger partial charge in [0, 0.05) is 25.8 Å². The van der Waals surface area contributed by atoms with Crippen LogP contribution in [0.2, 0.25) is 0 Å². The van der Waals surface area contributed by atoms with Crippen molar-refractivity contribution >= 4 is 11.7 Å². The average Bonchev–Trinajstić information content (AvgIpc) is 3.24. The molecule has 3 rings (SSSR count). The summed E-state index contributed by atoms with van der Waals surface area (Å²) >= 11 is 0. The molecule has 27 heavy (non-hydrogen) atoms. The normalized spacial score (nSPS) is 16.0. The van der Waals surface area contributed by atoms with Crippen LogP contribution < -0.4 is 20.1 Å². The van der Waals surface area contributed by atoms with Gasteiger partial charge in [-0.3, -0.25) is 4.79 Å². The molecule has 1 saturated heterocycles. The van der Waals surface area contributed by atoms with Crippen molar-refractivity contribution in [2.24, 2.45) is 0 Å². The summed E-state index contributed by atoms with van der Waals surface area (Å²) in [6, 6.07) is 7.30. The quantitative estimate of drug-likeness (QED) is 0.732. The standard InChI is InChI=1S/C19H24N4O4/c1-25-16-6-5-13(8-17(16)26-2)10-20-18-9-15(22-12-23-18)19(24)21-11-14-4-3-7-27-14/h5-6,8-9,12,14H,3-4,7,10-11H2,1-2H3,(H,21,24)(H,20,22,23). The van der Waals surface area contributed by atoms with Crippen molar-refractivity contribution in [2.45, 2.75) is 25.5 Å². The van der Waals surface area contributed by atoms with Crippen LogP contribution in [0.15, 0.2) is 30.6 Å². The highest BCUT2D eigenvalue weighted by Gasteiger charge is 2.17. The molecule has 1 unspecified atom stereocenters. The number of amides is 1. The van der Waals surface area contributed by atoms with Gasteiger partial charge in [0.1, 0.15) is 17.8 Å². The van der Waals surface area contributed by atoms with E-state index in [2.05, 4.69) is 20.6 Å². The van der Waals surface area contributed by atoms with Crippen LogP contribution in [0.4, 0.5) is 5.82 Å². The second-order valence-corrected chi connectivity index (χ2v) is 6.18. The zero-order valence-corrected chi connectivity index (χ0v) is 15.5. The van der Waals surface area contributed by atoms with Gasteiger partial charge < -0.3 is 24.8 Å². The average molecular weight is 372 g/mol. The highest BCUT2D eigenvalue weighted by molar-refractivity contribution is 5.92. The van der Waals surface area contributed by atoms with E-state index in [0.717, 1.165) is 25.0 Å². The Labute approximate surface area is 158 Å². The van der Waals surface area contributed by atoms with Gasteiger partial charge in [-0.15, -0.1) is 0 Å². The van der Waals surface area contributed by atoms with Crippen LogP contribution in [0.25, 0.3) is 0 Å². The van der Waals surface area contributed by atoms with E-state index in [4.69, 9.17) is 14.2 Å². The smallest absolute Gasteiger partial charge is 0.270 e. The zero-order valence-electron chi connectivity index (χ0n) is 15.5. The van der Waals surface area contributed by atoms with Crippen molar-refractivity contribution in [3.8, 4) is 11.5 Å². The number of hydrogen-bond acceptors (Lipinski definition) is 7. The lowest BCUT2D eigenvalue weighted by molar-refractivity contribution is 0.0853. The Bertz CT molecular complexity index is 778. The molecule has 1 aromatic heterocycles. The van der Waals surface area contributed by atoms with Crippen LogP contribution in [0.5, 0.6) is 11.5 Å². The van der Waals surface area contributed by atoms with Crippen LogP contribution >= 0.6 is 0 Å². The highest BCUT2D eigenvalue weighted by Crippen LogP contribution is 2.27. The SMILES string of the molecule is COc1ccc(CNc2cc(C(=O)NCC3CCCO3)ncn2)cc1OC. The van der Waals surface area contributed by atoms with Crippen LogP contribution in [-0.4, -0.2) is 49.4 Å². The lowest BCUT2D eigenvalue weighted by Gasteiger charge is -2.12. The number of benzene rings is 1. The molecule has 0 saturated carbocycles. The molecule has 1 fully saturated rings. The van der Waals surface area contributed by atoms with Gasteiger partial charge in [-0.2, -0.15) is 0 Å². The second-order valence-electron chi connectivity index (χ2n) is 6.18. The first-order valence-corrected chi connectivity index (χ1v) is 8.86. The Kier molecular flexibility index (Phi) is 6.43. The molecule has 0 bridgehead atoms. The lowest BCUT2D eigenvalue weighted by Crippen LogP contribution is -2.32. The molecule has 0 spiro atoms. The van der Waals surface area contributed by atoms with Crippen molar-refractivity contribution in [3.63, 3.8) is 0 Å². The number of ether oxygens (including phenoxy) is 3. The molecule has 144 valence electrons. The van der Waals surface area contributed by atoms with E-state index in [1.807, 2.05) is 18.2 Å². The summed E-state index contributed by atoms with van der Waals surface area (Å²) in [5.74, 6) is 1.67. The van der Waals surface area contributed by atoms with E-state index < -0.39 is 0 Å². The van der Waals surface area contributed by atoms with Crippen molar-refractivity contribution in [2.75, 3.05) is 32.7 Å². The number of methoxy groups -OCH3 is 2. The summed E-state index contributed by atoms with van der Waals surface area (Å²) in [4.78, 5) is 20.5. The van der Waals surface area contributed by atoms with E-state index in [-0.39, 0.29) is 12.0 Å². The summed E-state index contributed by atoms with van der Waals surface area (Å²) in [7, 11) is 3.20. The number of carbonyl (C=O) groups is 1. The third kappa shape index (κ3) is 5.07. The molecule has 8 heteroatoms. The van der Waals surface area contributed by atoms with Crippen LogP contribution in [0.3, 0.4) is 0 Å². The number of rotatable bonds is 8. The zero-order chi connectivity index (χ0) is 19.1. The molecule has 0 aliphatic carbocycles. The Hall–Kier alpha value is -2.87. The van der Waals surface area contributed by atoms with E-state index >= 15 is 0 Å². The molecule has 1 aliphatic rings. The van der Waals surface area contributed by atoms with Crippen molar-refractivity contribution in [1.29, 1.82) is 0 Å². The highest BCUT2D eigenvalue weighted by atomic mass is 16.5. The molecular weight excluding hydrogens is 348 g/mol. The molecule has 2 N–H and O–H groups in total. The first-order chi connectivity index (χ1) is 13.2. The number of aromatic nitrogens is 2. The fourth-order valence-corrected chi connectivity index (χ4v) is 2.86. The Balaban J connectivity index is 1.57. The number of carbonyl (C=O) groups excluding carboxylic acids is 1. The molecule has 1 amide bonds. The predicted octanol–water partition coefficient (Wildman–Crippen LogP) is 2.01. The third-order valence-corrected chi connectivity index (χ3v) is 4.34. The number of hydrogen-bond donors (Lipinski definition) is 2. The Morgan fingerprint density at radius 1 is 1.22 bits per heavy atom. The molecule has 2 heterocycles. The van der Waals surface area contributed by atoms with Gasteiger partial charge in [-0.25, -0.2) is 9.97 Å². The first kappa shape index (κ1) is 18.9. The summed E-state index contributed by atoms with van der Waals surface area (Å²) in [6.07, 6.45) is 3.48. The van der Waals surface area contributed by atoms with Gasteiger partial charge in [0.2, 0.25) is 0 Å². The summed E-state index contributed by atoms with van der Waals surface area (Å²) < 4.78 is 16.1. The van der Waals surface area contributed by atoms with Crippen molar-refractivity contribution in [3.05, 3.63) is 41.9 Å². The number of anilines is 1. The summed E-state index contributed by atoms with van der Waals surface area (Å²) in [5.41, 5.74) is 1.31. The monoisotopic (exact) mass is 372 g/mol. The fraction of sp³-hybridized carbons (Fsp3) is 0.421. The van der Waals surface area contributed by atoms with Crippen LogP contribution in [-0.2, 0) is 11.3 Å². The molecule has 1 aromatic carbocycles. The molecule has 1 atom stereocenters. The van der Waals surface area contributed by atoms with Gasteiger partial charge in [-0.1, -0.05) is 6.07 Å².